The molecule has 2 unspecified atom stereocenters. The summed E-state index contributed by atoms with van der Waals surface area (Å²) in [7, 11) is 3.68. The number of carboxylic acids is 1. The van der Waals surface area contributed by atoms with Crippen molar-refractivity contribution in [1.29, 1.82) is 0 Å². The Kier molecular flexibility index (Phi) is 5.72. The topological polar surface area (TPSA) is 52.6 Å². The second kappa shape index (κ2) is 6.86. The van der Waals surface area contributed by atoms with Gasteiger partial charge >= 0.3 is 5.97 Å². The fraction of sp³-hybridized carbons (Fsp3) is 0.562. The van der Waals surface area contributed by atoms with Crippen molar-refractivity contribution >= 4 is 5.97 Å². The van der Waals surface area contributed by atoms with E-state index in [2.05, 4.69) is 31.0 Å². The standard InChI is InChI=1S/C16H26N2O2/c1-12(2)13(3)18(5)11-16(17-4,15(19)20)14-9-7-6-8-10-14/h6-10,12-13,17H,11H2,1-5H3,(H,19,20). The van der Waals surface area contributed by atoms with Crippen LogP contribution in [-0.2, 0) is 10.3 Å². The largest absolute Gasteiger partial charge is 0.480 e. The molecule has 0 aliphatic rings. The Hall–Kier alpha value is -1.39. The molecule has 0 spiro atoms. The minimum absolute atomic E-state index is 0.311. The molecule has 1 aromatic rings. The van der Waals surface area contributed by atoms with Crippen LogP contribution in [0.5, 0.6) is 0 Å². The van der Waals surface area contributed by atoms with Crippen molar-refractivity contribution in [1.82, 2.24) is 10.2 Å². The average molecular weight is 278 g/mol. The molecule has 0 radical (unpaired) electrons. The van der Waals surface area contributed by atoms with E-state index >= 15 is 0 Å². The van der Waals surface area contributed by atoms with Crippen LogP contribution in [0.15, 0.2) is 30.3 Å². The Morgan fingerprint density at radius 3 is 2.25 bits per heavy atom. The van der Waals surface area contributed by atoms with Crippen LogP contribution in [0.2, 0.25) is 0 Å². The highest BCUT2D eigenvalue weighted by molar-refractivity contribution is 5.81. The zero-order chi connectivity index (χ0) is 15.3. The highest BCUT2D eigenvalue weighted by Crippen LogP contribution is 2.24. The number of rotatable bonds is 7. The quantitative estimate of drug-likeness (QED) is 0.802. The first-order chi connectivity index (χ1) is 9.35. The van der Waals surface area contributed by atoms with Crippen LogP contribution in [0.3, 0.4) is 0 Å². The first-order valence-corrected chi connectivity index (χ1v) is 7.03. The van der Waals surface area contributed by atoms with Crippen molar-refractivity contribution < 1.29 is 9.90 Å². The fourth-order valence-electron chi connectivity index (χ4n) is 2.36. The number of carboxylic acid groups (broad SMARTS) is 1. The minimum atomic E-state index is -1.08. The molecule has 0 aromatic heterocycles. The number of nitrogens with one attached hydrogen (secondary N) is 1. The van der Waals surface area contributed by atoms with E-state index in [1.54, 1.807) is 7.05 Å². The lowest BCUT2D eigenvalue weighted by Crippen LogP contribution is -2.56. The zero-order valence-electron chi connectivity index (χ0n) is 13.1. The van der Waals surface area contributed by atoms with Gasteiger partial charge in [0.15, 0.2) is 5.54 Å². The summed E-state index contributed by atoms with van der Waals surface area (Å²) < 4.78 is 0. The number of carbonyl (C=O) groups is 1. The lowest BCUT2D eigenvalue weighted by Gasteiger charge is -2.37. The number of hydrogen-bond donors (Lipinski definition) is 2. The van der Waals surface area contributed by atoms with Gasteiger partial charge < -0.3 is 15.3 Å². The molecular weight excluding hydrogens is 252 g/mol. The summed E-state index contributed by atoms with van der Waals surface area (Å²) in [5, 5.41) is 12.8. The van der Waals surface area contributed by atoms with Gasteiger partial charge in [-0.25, -0.2) is 4.79 Å². The second-order valence-electron chi connectivity index (χ2n) is 5.73. The molecule has 0 bridgehead atoms. The van der Waals surface area contributed by atoms with Gasteiger partial charge in [0.1, 0.15) is 0 Å². The van der Waals surface area contributed by atoms with Crippen LogP contribution in [0.25, 0.3) is 0 Å². The van der Waals surface area contributed by atoms with Crippen molar-refractivity contribution in [3.05, 3.63) is 35.9 Å². The van der Waals surface area contributed by atoms with Gasteiger partial charge in [-0.05, 0) is 32.5 Å². The van der Waals surface area contributed by atoms with Crippen LogP contribution in [-0.4, -0.2) is 42.7 Å². The van der Waals surface area contributed by atoms with E-state index in [4.69, 9.17) is 0 Å². The Labute approximate surface area is 121 Å². The highest BCUT2D eigenvalue weighted by Gasteiger charge is 2.40. The fourth-order valence-corrected chi connectivity index (χ4v) is 2.36. The van der Waals surface area contributed by atoms with E-state index in [0.717, 1.165) is 5.56 Å². The van der Waals surface area contributed by atoms with Crippen molar-refractivity contribution in [3.8, 4) is 0 Å². The molecule has 0 saturated heterocycles. The molecule has 0 fully saturated rings. The van der Waals surface area contributed by atoms with Gasteiger partial charge in [-0.2, -0.15) is 0 Å². The van der Waals surface area contributed by atoms with Crippen LogP contribution in [0.4, 0.5) is 0 Å². The predicted octanol–water partition coefficient (Wildman–Crippen LogP) is 2.16. The van der Waals surface area contributed by atoms with Gasteiger partial charge in [-0.1, -0.05) is 44.2 Å². The molecule has 2 atom stereocenters. The molecule has 0 aliphatic carbocycles. The number of benzene rings is 1. The minimum Gasteiger partial charge on any atom is -0.480 e. The Morgan fingerprint density at radius 2 is 1.85 bits per heavy atom. The van der Waals surface area contributed by atoms with Gasteiger partial charge in [-0.3, -0.25) is 0 Å². The number of aliphatic carboxylic acids is 1. The van der Waals surface area contributed by atoms with E-state index in [0.29, 0.717) is 18.5 Å². The summed E-state index contributed by atoms with van der Waals surface area (Å²) in [6, 6.07) is 9.67. The first kappa shape index (κ1) is 16.7. The van der Waals surface area contributed by atoms with E-state index in [-0.39, 0.29) is 0 Å². The van der Waals surface area contributed by atoms with Crippen LogP contribution in [0, 0.1) is 5.92 Å². The molecule has 1 rings (SSSR count). The van der Waals surface area contributed by atoms with E-state index in [1.807, 2.05) is 37.4 Å². The lowest BCUT2D eigenvalue weighted by molar-refractivity contribution is -0.146. The number of nitrogens with zero attached hydrogens (tertiary/aromatic N) is 1. The van der Waals surface area contributed by atoms with Crippen LogP contribution < -0.4 is 5.32 Å². The monoisotopic (exact) mass is 278 g/mol. The molecule has 0 aliphatic heterocycles. The molecule has 4 heteroatoms. The highest BCUT2D eigenvalue weighted by atomic mass is 16.4. The van der Waals surface area contributed by atoms with Crippen molar-refractivity contribution in [2.75, 3.05) is 20.6 Å². The van der Waals surface area contributed by atoms with Crippen molar-refractivity contribution in [3.63, 3.8) is 0 Å². The molecule has 0 heterocycles. The molecule has 20 heavy (non-hydrogen) atoms. The van der Waals surface area contributed by atoms with Gasteiger partial charge in [-0.15, -0.1) is 0 Å². The average Bonchev–Trinajstić information content (AvgIpc) is 2.44. The van der Waals surface area contributed by atoms with Gasteiger partial charge in [0.05, 0.1) is 0 Å². The normalized spacial score (nSPS) is 16.1. The lowest BCUT2D eigenvalue weighted by atomic mass is 9.88. The van der Waals surface area contributed by atoms with Crippen molar-refractivity contribution in [2.45, 2.75) is 32.4 Å². The molecular formula is C16H26N2O2. The maximum Gasteiger partial charge on any atom is 0.329 e. The van der Waals surface area contributed by atoms with E-state index in [9.17, 15) is 9.90 Å². The summed E-state index contributed by atoms with van der Waals surface area (Å²) >= 11 is 0. The molecule has 0 amide bonds. The van der Waals surface area contributed by atoms with Crippen LogP contribution >= 0.6 is 0 Å². The second-order valence-corrected chi connectivity index (χ2v) is 5.73. The summed E-state index contributed by atoms with van der Waals surface area (Å²) in [5.74, 6) is -0.381. The maximum absolute atomic E-state index is 11.9. The molecule has 4 nitrogen and oxygen atoms in total. The van der Waals surface area contributed by atoms with Crippen LogP contribution in [0.1, 0.15) is 26.3 Å². The Balaban J connectivity index is 3.11. The summed E-state index contributed by atoms with van der Waals surface area (Å²) in [6.45, 7) is 6.83. The third kappa shape index (κ3) is 3.38. The third-order valence-electron chi connectivity index (χ3n) is 4.21. The molecule has 1 aromatic carbocycles. The Bertz CT molecular complexity index is 433. The number of hydrogen-bond acceptors (Lipinski definition) is 3. The SMILES string of the molecule is CNC(CN(C)C(C)C(C)C)(C(=O)O)c1ccccc1. The third-order valence-corrected chi connectivity index (χ3v) is 4.21. The van der Waals surface area contributed by atoms with Gasteiger partial charge in [0.25, 0.3) is 0 Å². The summed E-state index contributed by atoms with van der Waals surface area (Å²) in [4.78, 5) is 14.0. The first-order valence-electron chi connectivity index (χ1n) is 7.03. The predicted molar refractivity (Wildman–Crippen MR) is 81.7 cm³/mol. The summed E-state index contributed by atoms with van der Waals surface area (Å²) in [6.07, 6.45) is 0. The zero-order valence-corrected chi connectivity index (χ0v) is 13.1. The summed E-state index contributed by atoms with van der Waals surface area (Å²) in [5.41, 5.74) is -0.308. The van der Waals surface area contributed by atoms with Gasteiger partial charge in [0.2, 0.25) is 0 Å². The number of likely N-dealkylation sites (N-methyl/N-ethyl adjacent to an activating group) is 2. The smallest absolute Gasteiger partial charge is 0.329 e. The van der Waals surface area contributed by atoms with E-state index < -0.39 is 11.5 Å². The molecule has 112 valence electrons. The van der Waals surface area contributed by atoms with E-state index in [1.165, 1.54) is 0 Å². The molecule has 2 N–H and O–H groups in total. The molecule has 0 saturated carbocycles. The van der Waals surface area contributed by atoms with Crippen molar-refractivity contribution in [2.24, 2.45) is 5.92 Å². The maximum atomic E-state index is 11.9. The Morgan fingerprint density at radius 1 is 1.30 bits per heavy atom. The van der Waals surface area contributed by atoms with Gasteiger partial charge in [0, 0.05) is 12.6 Å².